The summed E-state index contributed by atoms with van der Waals surface area (Å²) in [7, 11) is 1.78. The molecule has 2 amide bonds. The summed E-state index contributed by atoms with van der Waals surface area (Å²) in [5.41, 5.74) is 0.907. The van der Waals surface area contributed by atoms with Crippen molar-refractivity contribution in [2.75, 3.05) is 7.05 Å². The van der Waals surface area contributed by atoms with E-state index in [4.69, 9.17) is 4.74 Å². The molecule has 0 radical (unpaired) electrons. The zero-order chi connectivity index (χ0) is 17.6. The van der Waals surface area contributed by atoms with Gasteiger partial charge in [-0.05, 0) is 38.7 Å². The molecule has 0 unspecified atom stereocenters. The van der Waals surface area contributed by atoms with E-state index in [0.29, 0.717) is 19.0 Å². The van der Waals surface area contributed by atoms with Gasteiger partial charge in [-0.15, -0.1) is 11.3 Å². The fraction of sp³-hybridized carbons (Fsp3) is 0.500. The molecule has 0 atom stereocenters. The van der Waals surface area contributed by atoms with Gasteiger partial charge in [0.25, 0.3) is 0 Å². The van der Waals surface area contributed by atoms with Gasteiger partial charge in [-0.2, -0.15) is 0 Å². The number of ether oxygens (including phenoxy) is 1. The molecule has 134 valence electrons. The Morgan fingerprint density at radius 1 is 1.40 bits per heavy atom. The molecule has 1 fully saturated rings. The first-order chi connectivity index (χ1) is 12.1. The summed E-state index contributed by atoms with van der Waals surface area (Å²) in [6.45, 7) is 2.92. The Kier molecular flexibility index (Phi) is 5.86. The van der Waals surface area contributed by atoms with Crippen LogP contribution < -0.4 is 10.1 Å². The minimum atomic E-state index is -0.123. The van der Waals surface area contributed by atoms with E-state index in [1.54, 1.807) is 29.5 Å². The van der Waals surface area contributed by atoms with Crippen molar-refractivity contribution < 1.29 is 9.53 Å². The van der Waals surface area contributed by atoms with Gasteiger partial charge in [-0.25, -0.2) is 14.8 Å². The molecule has 1 aliphatic rings. The molecule has 0 saturated heterocycles. The third kappa shape index (κ3) is 4.92. The van der Waals surface area contributed by atoms with Crippen LogP contribution in [0.25, 0.3) is 0 Å². The van der Waals surface area contributed by atoms with Gasteiger partial charge in [0.15, 0.2) is 0 Å². The lowest BCUT2D eigenvalue weighted by Gasteiger charge is -2.18. The molecule has 0 aromatic carbocycles. The van der Waals surface area contributed by atoms with E-state index in [2.05, 4.69) is 15.3 Å². The van der Waals surface area contributed by atoms with Crippen molar-refractivity contribution >= 4 is 17.4 Å². The lowest BCUT2D eigenvalue weighted by molar-refractivity contribution is 0.197. The number of rotatable bonds is 6. The lowest BCUT2D eigenvalue weighted by atomic mass is 10.2. The van der Waals surface area contributed by atoms with E-state index in [-0.39, 0.29) is 12.1 Å². The maximum atomic E-state index is 12.3. The molecule has 2 heterocycles. The van der Waals surface area contributed by atoms with Crippen molar-refractivity contribution in [3.63, 3.8) is 0 Å². The molecule has 7 heteroatoms. The van der Waals surface area contributed by atoms with Crippen molar-refractivity contribution in [1.29, 1.82) is 0 Å². The van der Waals surface area contributed by atoms with Crippen LogP contribution in [-0.2, 0) is 13.1 Å². The molecule has 2 aromatic heterocycles. The van der Waals surface area contributed by atoms with E-state index in [9.17, 15) is 4.79 Å². The van der Waals surface area contributed by atoms with Crippen LogP contribution in [0.1, 0.15) is 41.1 Å². The highest BCUT2D eigenvalue weighted by Crippen LogP contribution is 2.25. The second-order valence-electron chi connectivity index (χ2n) is 6.35. The first-order valence-electron chi connectivity index (χ1n) is 8.62. The van der Waals surface area contributed by atoms with Gasteiger partial charge in [0.1, 0.15) is 6.10 Å². The molecular weight excluding hydrogens is 336 g/mol. The molecule has 3 rings (SSSR count). The number of aryl methyl sites for hydroxylation is 1. The predicted octanol–water partition coefficient (Wildman–Crippen LogP) is 3.51. The number of urea groups is 1. The number of carbonyl (C=O) groups is 1. The second-order valence-corrected chi connectivity index (χ2v) is 7.67. The van der Waals surface area contributed by atoms with Gasteiger partial charge in [0, 0.05) is 36.4 Å². The van der Waals surface area contributed by atoms with Crippen LogP contribution in [0.15, 0.2) is 24.5 Å². The van der Waals surface area contributed by atoms with Crippen molar-refractivity contribution in [2.24, 2.45) is 0 Å². The second kappa shape index (κ2) is 8.29. The number of nitrogens with zero attached hydrogens (tertiary/aromatic N) is 3. The van der Waals surface area contributed by atoms with E-state index in [1.165, 1.54) is 12.8 Å². The predicted molar refractivity (Wildman–Crippen MR) is 97.7 cm³/mol. The number of hydrogen-bond acceptors (Lipinski definition) is 5. The van der Waals surface area contributed by atoms with E-state index in [1.807, 2.05) is 25.3 Å². The Labute approximate surface area is 152 Å². The highest BCUT2D eigenvalue weighted by molar-refractivity contribution is 7.11. The third-order valence-corrected chi connectivity index (χ3v) is 5.17. The van der Waals surface area contributed by atoms with Crippen LogP contribution in [0.3, 0.4) is 0 Å². The zero-order valence-electron chi connectivity index (χ0n) is 14.7. The molecule has 1 saturated carbocycles. The van der Waals surface area contributed by atoms with Crippen LogP contribution in [-0.4, -0.2) is 34.1 Å². The van der Waals surface area contributed by atoms with Crippen molar-refractivity contribution in [2.45, 2.75) is 51.8 Å². The zero-order valence-corrected chi connectivity index (χ0v) is 15.5. The Balaban J connectivity index is 1.54. The first kappa shape index (κ1) is 17.7. The molecule has 1 aliphatic carbocycles. The summed E-state index contributed by atoms with van der Waals surface area (Å²) in [6.07, 6.45) is 8.39. The van der Waals surface area contributed by atoms with Gasteiger partial charge >= 0.3 is 6.03 Å². The summed E-state index contributed by atoms with van der Waals surface area (Å²) >= 11 is 1.61. The smallest absolute Gasteiger partial charge is 0.317 e. The Bertz CT molecular complexity index is 713. The number of carbonyl (C=O) groups excluding carboxylic acids is 1. The summed E-state index contributed by atoms with van der Waals surface area (Å²) in [5, 5.41) is 3.95. The van der Waals surface area contributed by atoms with Gasteiger partial charge < -0.3 is 15.0 Å². The minimum absolute atomic E-state index is 0.123. The summed E-state index contributed by atoms with van der Waals surface area (Å²) < 4.78 is 6.02. The van der Waals surface area contributed by atoms with E-state index >= 15 is 0 Å². The maximum Gasteiger partial charge on any atom is 0.317 e. The highest BCUT2D eigenvalue weighted by atomic mass is 32.1. The average molecular weight is 360 g/mol. The summed E-state index contributed by atoms with van der Waals surface area (Å²) in [4.78, 5) is 23.6. The number of thiazole rings is 1. The van der Waals surface area contributed by atoms with Gasteiger partial charge in [0.2, 0.25) is 5.88 Å². The van der Waals surface area contributed by atoms with Crippen molar-refractivity contribution in [3.05, 3.63) is 40.0 Å². The van der Waals surface area contributed by atoms with Crippen LogP contribution in [0.5, 0.6) is 5.88 Å². The average Bonchev–Trinajstić information content (AvgIpc) is 3.25. The summed E-state index contributed by atoms with van der Waals surface area (Å²) in [5.74, 6) is 0.635. The Morgan fingerprint density at radius 3 is 2.92 bits per heavy atom. The van der Waals surface area contributed by atoms with Crippen molar-refractivity contribution in [1.82, 2.24) is 20.2 Å². The van der Waals surface area contributed by atoms with E-state index in [0.717, 1.165) is 28.3 Å². The van der Waals surface area contributed by atoms with Crippen LogP contribution in [0.4, 0.5) is 4.79 Å². The topological polar surface area (TPSA) is 67.4 Å². The Morgan fingerprint density at radius 2 is 2.20 bits per heavy atom. The quantitative estimate of drug-likeness (QED) is 0.856. The molecule has 25 heavy (non-hydrogen) atoms. The van der Waals surface area contributed by atoms with Crippen molar-refractivity contribution in [3.8, 4) is 5.88 Å². The fourth-order valence-corrected chi connectivity index (χ4v) is 3.77. The number of amides is 2. The molecule has 1 N–H and O–H groups in total. The molecular formula is C18H24N4O2S. The fourth-order valence-electron chi connectivity index (χ4n) is 2.92. The lowest BCUT2D eigenvalue weighted by Crippen LogP contribution is -2.36. The number of pyridine rings is 1. The van der Waals surface area contributed by atoms with E-state index < -0.39 is 0 Å². The highest BCUT2D eigenvalue weighted by Gasteiger charge is 2.19. The van der Waals surface area contributed by atoms with Gasteiger partial charge in [0.05, 0.1) is 11.6 Å². The molecule has 2 aromatic rings. The number of hydrogen-bond donors (Lipinski definition) is 1. The largest absolute Gasteiger partial charge is 0.474 e. The number of nitrogens with one attached hydrogen (secondary N) is 1. The monoisotopic (exact) mass is 360 g/mol. The molecule has 6 nitrogen and oxygen atoms in total. The minimum Gasteiger partial charge on any atom is -0.474 e. The SMILES string of the molecule is Cc1ncc(CN(C)C(=O)NCc2cccnc2OC2CCCC2)s1. The van der Waals surface area contributed by atoms with Crippen LogP contribution >= 0.6 is 11.3 Å². The maximum absolute atomic E-state index is 12.3. The normalized spacial score (nSPS) is 14.5. The standard InChI is InChI=1S/C18H24N4O2S/c1-13-20-11-16(25-13)12-22(2)18(23)21-10-14-6-5-9-19-17(14)24-15-7-3-4-8-15/h5-6,9,11,15H,3-4,7-8,10,12H2,1-2H3,(H,21,23). The molecule has 0 bridgehead atoms. The first-order valence-corrected chi connectivity index (χ1v) is 9.44. The molecule has 0 spiro atoms. The Hall–Kier alpha value is -2.15. The van der Waals surface area contributed by atoms with Gasteiger partial charge in [-0.3, -0.25) is 0 Å². The van der Waals surface area contributed by atoms with Gasteiger partial charge in [-0.1, -0.05) is 6.07 Å². The summed E-state index contributed by atoms with van der Waals surface area (Å²) in [6, 6.07) is 3.69. The third-order valence-electron chi connectivity index (χ3n) is 4.27. The number of aromatic nitrogens is 2. The van der Waals surface area contributed by atoms with Crippen LogP contribution in [0.2, 0.25) is 0 Å². The molecule has 0 aliphatic heterocycles. The van der Waals surface area contributed by atoms with Crippen LogP contribution in [0, 0.1) is 6.92 Å².